The molecule has 0 atom stereocenters. The average Bonchev–Trinajstić information content (AvgIpc) is 2.65. The summed E-state index contributed by atoms with van der Waals surface area (Å²) in [7, 11) is 0. The van der Waals surface area contributed by atoms with E-state index in [0.29, 0.717) is 31.7 Å². The summed E-state index contributed by atoms with van der Waals surface area (Å²) in [5.74, 6) is -1.95. The van der Waals surface area contributed by atoms with Crippen LogP contribution in [0.1, 0.15) is 5.56 Å². The van der Waals surface area contributed by atoms with Gasteiger partial charge in [-0.2, -0.15) is 5.26 Å². The first-order chi connectivity index (χ1) is 12.1. The second kappa shape index (κ2) is 7.18. The molecule has 0 bridgehead atoms. The van der Waals surface area contributed by atoms with Crippen molar-refractivity contribution >= 4 is 17.4 Å². The van der Waals surface area contributed by atoms with Crippen molar-refractivity contribution in [2.45, 2.75) is 0 Å². The van der Waals surface area contributed by atoms with Crippen molar-refractivity contribution < 1.29 is 13.6 Å². The van der Waals surface area contributed by atoms with Crippen molar-refractivity contribution in [3.8, 4) is 6.07 Å². The lowest BCUT2D eigenvalue weighted by Gasteiger charge is -2.36. The number of halogens is 2. The first-order valence-corrected chi connectivity index (χ1v) is 7.83. The molecule has 1 saturated heterocycles. The fourth-order valence-corrected chi connectivity index (χ4v) is 2.72. The minimum atomic E-state index is -1.00. The SMILES string of the molecule is N#Cc1cccc(N2CCN(C(=O)Nc3ccc(F)c(F)c3)CC2)c1. The lowest BCUT2D eigenvalue weighted by Crippen LogP contribution is -2.50. The van der Waals surface area contributed by atoms with Crippen molar-refractivity contribution in [3.63, 3.8) is 0 Å². The predicted molar refractivity (Wildman–Crippen MR) is 90.3 cm³/mol. The van der Waals surface area contributed by atoms with Gasteiger partial charge < -0.3 is 15.1 Å². The lowest BCUT2D eigenvalue weighted by atomic mass is 10.2. The third-order valence-corrected chi connectivity index (χ3v) is 4.08. The van der Waals surface area contributed by atoms with Gasteiger partial charge in [0, 0.05) is 43.6 Å². The molecule has 1 N–H and O–H groups in total. The van der Waals surface area contributed by atoms with E-state index >= 15 is 0 Å². The van der Waals surface area contributed by atoms with Crippen LogP contribution in [-0.2, 0) is 0 Å². The Balaban J connectivity index is 1.58. The Morgan fingerprint density at radius 2 is 1.80 bits per heavy atom. The monoisotopic (exact) mass is 342 g/mol. The Morgan fingerprint density at radius 1 is 1.04 bits per heavy atom. The molecule has 1 heterocycles. The summed E-state index contributed by atoms with van der Waals surface area (Å²) >= 11 is 0. The van der Waals surface area contributed by atoms with Crippen molar-refractivity contribution in [1.82, 2.24) is 4.90 Å². The second-order valence-corrected chi connectivity index (χ2v) is 5.70. The van der Waals surface area contributed by atoms with Crippen molar-refractivity contribution in [3.05, 3.63) is 59.7 Å². The van der Waals surface area contributed by atoms with Crippen molar-refractivity contribution in [2.24, 2.45) is 0 Å². The summed E-state index contributed by atoms with van der Waals surface area (Å²) in [4.78, 5) is 16.0. The summed E-state index contributed by atoms with van der Waals surface area (Å²) in [5, 5.41) is 11.5. The van der Waals surface area contributed by atoms with Crippen molar-refractivity contribution in [1.29, 1.82) is 5.26 Å². The number of carbonyl (C=O) groups excluding carboxylic acids is 1. The topological polar surface area (TPSA) is 59.4 Å². The molecule has 3 rings (SSSR count). The molecule has 128 valence electrons. The number of hydrogen-bond donors (Lipinski definition) is 1. The van der Waals surface area contributed by atoms with Gasteiger partial charge >= 0.3 is 6.03 Å². The number of nitriles is 1. The van der Waals surface area contributed by atoms with E-state index < -0.39 is 11.6 Å². The average molecular weight is 342 g/mol. The maximum atomic E-state index is 13.2. The molecule has 2 aromatic carbocycles. The maximum Gasteiger partial charge on any atom is 0.321 e. The van der Waals surface area contributed by atoms with Crippen LogP contribution in [0.25, 0.3) is 0 Å². The summed E-state index contributed by atoms with van der Waals surface area (Å²) < 4.78 is 26.1. The third-order valence-electron chi connectivity index (χ3n) is 4.08. The first kappa shape index (κ1) is 16.7. The van der Waals surface area contributed by atoms with E-state index in [1.165, 1.54) is 6.07 Å². The Kier molecular flexibility index (Phi) is 4.80. The van der Waals surface area contributed by atoms with E-state index in [2.05, 4.69) is 16.3 Å². The standard InChI is InChI=1S/C18H16F2N4O/c19-16-5-4-14(11-17(16)20)22-18(25)24-8-6-23(7-9-24)15-3-1-2-13(10-15)12-21/h1-5,10-11H,6-9H2,(H,22,25). The van der Waals surface area contributed by atoms with Gasteiger partial charge in [0.25, 0.3) is 0 Å². The zero-order valence-electron chi connectivity index (χ0n) is 13.4. The minimum absolute atomic E-state index is 0.216. The van der Waals surface area contributed by atoms with Crippen molar-refractivity contribution in [2.75, 3.05) is 36.4 Å². The molecule has 1 fully saturated rings. The van der Waals surface area contributed by atoms with Gasteiger partial charge in [0.15, 0.2) is 11.6 Å². The Hall–Kier alpha value is -3.14. The smallest absolute Gasteiger partial charge is 0.321 e. The number of amides is 2. The van der Waals surface area contributed by atoms with Crippen LogP contribution in [0.15, 0.2) is 42.5 Å². The maximum absolute atomic E-state index is 13.2. The molecule has 0 aliphatic carbocycles. The summed E-state index contributed by atoms with van der Waals surface area (Å²) in [5.41, 5.74) is 1.75. The zero-order valence-corrected chi connectivity index (χ0v) is 13.4. The van der Waals surface area contributed by atoms with Crippen LogP contribution in [0.2, 0.25) is 0 Å². The Labute approximate surface area is 144 Å². The molecule has 7 heteroatoms. The molecule has 25 heavy (non-hydrogen) atoms. The fraction of sp³-hybridized carbons (Fsp3) is 0.222. The molecule has 0 radical (unpaired) electrons. The number of urea groups is 1. The van der Waals surface area contributed by atoms with Crippen LogP contribution in [0.5, 0.6) is 0 Å². The van der Waals surface area contributed by atoms with E-state index in [1.54, 1.807) is 11.0 Å². The van der Waals surface area contributed by atoms with Gasteiger partial charge in [0.2, 0.25) is 0 Å². The highest BCUT2D eigenvalue weighted by molar-refractivity contribution is 5.89. The molecule has 1 aliphatic heterocycles. The van der Waals surface area contributed by atoms with Gasteiger partial charge in [0.05, 0.1) is 11.6 Å². The molecule has 0 unspecified atom stereocenters. The third kappa shape index (κ3) is 3.86. The first-order valence-electron chi connectivity index (χ1n) is 7.83. The van der Waals surface area contributed by atoms with Gasteiger partial charge in [-0.05, 0) is 30.3 Å². The van der Waals surface area contributed by atoms with E-state index in [4.69, 9.17) is 5.26 Å². The van der Waals surface area contributed by atoms with Gasteiger partial charge in [0.1, 0.15) is 0 Å². The van der Waals surface area contributed by atoms with E-state index in [1.807, 2.05) is 18.2 Å². The Morgan fingerprint density at radius 3 is 2.48 bits per heavy atom. The van der Waals surface area contributed by atoms with Crippen LogP contribution < -0.4 is 10.2 Å². The highest BCUT2D eigenvalue weighted by Crippen LogP contribution is 2.19. The number of nitrogens with zero attached hydrogens (tertiary/aromatic N) is 3. The highest BCUT2D eigenvalue weighted by atomic mass is 19.2. The quantitative estimate of drug-likeness (QED) is 0.912. The summed E-state index contributed by atoms with van der Waals surface area (Å²) in [6, 6.07) is 12.3. The van der Waals surface area contributed by atoms with E-state index in [9.17, 15) is 13.6 Å². The lowest BCUT2D eigenvalue weighted by molar-refractivity contribution is 0.208. The van der Waals surface area contributed by atoms with Gasteiger partial charge in [-0.25, -0.2) is 13.6 Å². The summed E-state index contributed by atoms with van der Waals surface area (Å²) in [6.07, 6.45) is 0. The zero-order chi connectivity index (χ0) is 17.8. The predicted octanol–water partition coefficient (Wildman–Crippen LogP) is 3.19. The van der Waals surface area contributed by atoms with Crippen LogP contribution in [0, 0.1) is 23.0 Å². The number of nitrogens with one attached hydrogen (secondary N) is 1. The molecule has 0 aromatic heterocycles. The molecular formula is C18H16F2N4O. The van der Waals surface area contributed by atoms with Crippen LogP contribution in [0.3, 0.4) is 0 Å². The molecule has 2 aromatic rings. The van der Waals surface area contributed by atoms with Gasteiger partial charge in [-0.3, -0.25) is 0 Å². The molecule has 0 spiro atoms. The number of carbonyl (C=O) groups is 1. The van der Waals surface area contributed by atoms with Crippen LogP contribution in [0.4, 0.5) is 25.0 Å². The summed E-state index contributed by atoms with van der Waals surface area (Å²) in [6.45, 7) is 2.23. The van der Waals surface area contributed by atoms with Crippen LogP contribution >= 0.6 is 0 Å². The molecule has 5 nitrogen and oxygen atoms in total. The van der Waals surface area contributed by atoms with Gasteiger partial charge in [-0.1, -0.05) is 6.07 Å². The number of hydrogen-bond acceptors (Lipinski definition) is 3. The Bertz CT molecular complexity index is 826. The normalized spacial score (nSPS) is 14.1. The molecule has 1 aliphatic rings. The largest absolute Gasteiger partial charge is 0.368 e. The van der Waals surface area contributed by atoms with Gasteiger partial charge in [-0.15, -0.1) is 0 Å². The van der Waals surface area contributed by atoms with E-state index in [0.717, 1.165) is 17.8 Å². The number of rotatable bonds is 2. The highest BCUT2D eigenvalue weighted by Gasteiger charge is 2.21. The fourth-order valence-electron chi connectivity index (χ4n) is 2.72. The molecular weight excluding hydrogens is 326 g/mol. The molecule has 2 amide bonds. The van der Waals surface area contributed by atoms with E-state index in [-0.39, 0.29) is 11.7 Å². The number of anilines is 2. The molecule has 0 saturated carbocycles. The van der Waals surface area contributed by atoms with Crippen LogP contribution in [-0.4, -0.2) is 37.1 Å². The number of piperazine rings is 1. The number of benzene rings is 2. The minimum Gasteiger partial charge on any atom is -0.368 e. The second-order valence-electron chi connectivity index (χ2n) is 5.70.